The van der Waals surface area contributed by atoms with Gasteiger partial charge in [0, 0.05) is 23.3 Å². The van der Waals surface area contributed by atoms with Crippen molar-refractivity contribution in [2.24, 2.45) is 0 Å². The maximum absolute atomic E-state index is 15.5. The molecule has 1 amide bonds. The van der Waals surface area contributed by atoms with Gasteiger partial charge in [0.1, 0.15) is 0 Å². The molecule has 2 N–H and O–H groups in total. The topological polar surface area (TPSA) is 62.2 Å². The van der Waals surface area contributed by atoms with Crippen molar-refractivity contribution in [2.75, 3.05) is 6.54 Å². The number of hydrogen-bond donors (Lipinski definition) is 2. The molecule has 1 heterocycles. The number of fused-ring (bicyclic) bond motifs is 1. The van der Waals surface area contributed by atoms with E-state index in [1.165, 1.54) is 12.3 Å². The molecule has 1 aliphatic carbocycles. The van der Waals surface area contributed by atoms with Gasteiger partial charge < -0.3 is 10.4 Å². The lowest BCUT2D eigenvalue weighted by Gasteiger charge is -2.32. The van der Waals surface area contributed by atoms with Crippen LogP contribution in [-0.2, 0) is 10.5 Å². The van der Waals surface area contributed by atoms with Crippen molar-refractivity contribution in [3.05, 3.63) is 64.4 Å². The number of nitrogens with one attached hydrogen (secondary N) is 1. The van der Waals surface area contributed by atoms with Crippen LogP contribution in [0.1, 0.15) is 48.6 Å². The molecule has 0 spiro atoms. The summed E-state index contributed by atoms with van der Waals surface area (Å²) in [6.45, 7) is 2.26. The van der Waals surface area contributed by atoms with Gasteiger partial charge in [0.2, 0.25) is 5.67 Å². The molecule has 0 fully saturated rings. The highest BCUT2D eigenvalue weighted by Crippen LogP contribution is 2.42. The molecule has 0 saturated carbocycles. The summed E-state index contributed by atoms with van der Waals surface area (Å²) in [4.78, 5) is 16.6. The van der Waals surface area contributed by atoms with E-state index >= 15 is 4.39 Å². The summed E-state index contributed by atoms with van der Waals surface area (Å²) < 4.78 is 15.5. The minimum absolute atomic E-state index is 0.0207. The Hall–Kier alpha value is -1.98. The molecule has 0 aliphatic heterocycles. The van der Waals surface area contributed by atoms with E-state index in [1.54, 1.807) is 18.2 Å². The fourth-order valence-electron chi connectivity index (χ4n) is 3.16. The minimum atomic E-state index is -2.16. The molecule has 0 radical (unpaired) electrons. The van der Waals surface area contributed by atoms with Gasteiger partial charge in [-0.15, -0.1) is 0 Å². The quantitative estimate of drug-likeness (QED) is 0.872. The Morgan fingerprint density at radius 3 is 2.88 bits per heavy atom. The standard InChI is InChI=1S/C19H20ClFN2O2/c1-12(13-4-6-14(20)7-5-13)11-23-18(25)19(21)9-8-16(24)17-15(19)3-2-10-22-17/h2-7,10,12,16,24H,8-9,11H2,1H3,(H,23,25). The molecule has 3 atom stereocenters. The van der Waals surface area contributed by atoms with Gasteiger partial charge in [-0.05, 0) is 42.5 Å². The molecule has 2 aromatic rings. The number of benzene rings is 1. The van der Waals surface area contributed by atoms with Gasteiger partial charge in [0.15, 0.2) is 0 Å². The zero-order valence-corrected chi connectivity index (χ0v) is 14.6. The normalized spacial score (nSPS) is 23.6. The van der Waals surface area contributed by atoms with Crippen LogP contribution < -0.4 is 5.32 Å². The summed E-state index contributed by atoms with van der Waals surface area (Å²) in [5.41, 5.74) is -0.746. The second-order valence-electron chi connectivity index (χ2n) is 6.45. The Bertz CT molecular complexity index is 768. The third-order valence-electron chi connectivity index (χ3n) is 4.71. The second-order valence-corrected chi connectivity index (χ2v) is 6.89. The number of hydrogen-bond acceptors (Lipinski definition) is 3. The molecule has 1 aliphatic rings. The Labute approximate surface area is 151 Å². The van der Waals surface area contributed by atoms with E-state index in [-0.39, 0.29) is 30.0 Å². The van der Waals surface area contributed by atoms with Crippen LogP contribution in [0, 0.1) is 0 Å². The number of aromatic nitrogens is 1. The number of carbonyl (C=O) groups is 1. The maximum Gasteiger partial charge on any atom is 0.262 e. The highest BCUT2D eigenvalue weighted by atomic mass is 35.5. The number of halogens is 2. The number of aliphatic hydroxyl groups is 1. The third kappa shape index (κ3) is 3.53. The second kappa shape index (κ2) is 7.10. The summed E-state index contributed by atoms with van der Waals surface area (Å²) in [5.74, 6) is -0.665. The summed E-state index contributed by atoms with van der Waals surface area (Å²) >= 11 is 5.88. The van der Waals surface area contributed by atoms with Gasteiger partial charge in [0.05, 0.1) is 11.8 Å². The predicted octanol–water partition coefficient (Wildman–Crippen LogP) is 3.65. The van der Waals surface area contributed by atoms with E-state index in [9.17, 15) is 9.90 Å². The maximum atomic E-state index is 15.5. The minimum Gasteiger partial charge on any atom is -0.387 e. The van der Waals surface area contributed by atoms with E-state index in [0.29, 0.717) is 11.6 Å². The van der Waals surface area contributed by atoms with Crippen LogP contribution in [0.25, 0.3) is 0 Å². The molecule has 1 aromatic carbocycles. The highest BCUT2D eigenvalue weighted by molar-refractivity contribution is 6.30. The van der Waals surface area contributed by atoms with Crippen molar-refractivity contribution in [3.8, 4) is 0 Å². The molecule has 4 nitrogen and oxygen atoms in total. The molecule has 3 rings (SSSR count). The lowest BCUT2D eigenvalue weighted by atomic mass is 9.81. The molecule has 25 heavy (non-hydrogen) atoms. The van der Waals surface area contributed by atoms with E-state index in [1.807, 2.05) is 19.1 Å². The van der Waals surface area contributed by atoms with E-state index in [0.717, 1.165) is 5.56 Å². The van der Waals surface area contributed by atoms with Crippen LogP contribution in [0.5, 0.6) is 0 Å². The third-order valence-corrected chi connectivity index (χ3v) is 4.96. The fourth-order valence-corrected chi connectivity index (χ4v) is 3.28. The molecular formula is C19H20ClFN2O2. The highest BCUT2D eigenvalue weighted by Gasteiger charge is 2.46. The van der Waals surface area contributed by atoms with Crippen molar-refractivity contribution in [2.45, 2.75) is 37.5 Å². The average molecular weight is 363 g/mol. The fraction of sp³-hybridized carbons (Fsp3) is 0.368. The first kappa shape index (κ1) is 17.8. The van der Waals surface area contributed by atoms with Crippen molar-refractivity contribution >= 4 is 17.5 Å². The summed E-state index contributed by atoms with van der Waals surface area (Å²) in [7, 11) is 0. The van der Waals surface area contributed by atoms with Gasteiger partial charge in [-0.25, -0.2) is 4.39 Å². The number of aliphatic hydroxyl groups excluding tert-OH is 1. The van der Waals surface area contributed by atoms with Gasteiger partial charge in [-0.1, -0.05) is 36.7 Å². The molecule has 0 bridgehead atoms. The molecule has 6 heteroatoms. The lowest BCUT2D eigenvalue weighted by molar-refractivity contribution is -0.135. The summed E-state index contributed by atoms with van der Waals surface area (Å²) in [6, 6.07) is 10.5. The smallest absolute Gasteiger partial charge is 0.262 e. The van der Waals surface area contributed by atoms with Crippen LogP contribution >= 0.6 is 11.6 Å². The van der Waals surface area contributed by atoms with E-state index in [4.69, 9.17) is 11.6 Å². The van der Waals surface area contributed by atoms with Gasteiger partial charge in [-0.2, -0.15) is 0 Å². The van der Waals surface area contributed by atoms with Gasteiger partial charge in [-0.3, -0.25) is 9.78 Å². The zero-order chi connectivity index (χ0) is 18.0. The Morgan fingerprint density at radius 2 is 2.16 bits per heavy atom. The van der Waals surface area contributed by atoms with E-state index < -0.39 is 17.7 Å². The first-order chi connectivity index (χ1) is 11.9. The van der Waals surface area contributed by atoms with Crippen LogP contribution in [0.3, 0.4) is 0 Å². The summed E-state index contributed by atoms with van der Waals surface area (Å²) in [6.07, 6.45) is 0.768. The Balaban J connectivity index is 1.73. The Kier molecular flexibility index (Phi) is 5.06. The molecule has 1 aromatic heterocycles. The summed E-state index contributed by atoms with van der Waals surface area (Å²) in [5, 5.41) is 13.3. The number of amides is 1. The number of nitrogens with zero attached hydrogens (tertiary/aromatic N) is 1. The van der Waals surface area contributed by atoms with Crippen molar-refractivity contribution in [1.82, 2.24) is 10.3 Å². The largest absolute Gasteiger partial charge is 0.387 e. The predicted molar refractivity (Wildman–Crippen MR) is 94.1 cm³/mol. The number of rotatable bonds is 4. The molecule has 132 valence electrons. The zero-order valence-electron chi connectivity index (χ0n) is 13.9. The van der Waals surface area contributed by atoms with Crippen LogP contribution in [0.15, 0.2) is 42.6 Å². The average Bonchev–Trinajstić information content (AvgIpc) is 2.63. The molecular weight excluding hydrogens is 343 g/mol. The Morgan fingerprint density at radius 1 is 1.44 bits per heavy atom. The van der Waals surface area contributed by atoms with Crippen molar-refractivity contribution in [3.63, 3.8) is 0 Å². The number of carbonyl (C=O) groups excluding carboxylic acids is 1. The first-order valence-electron chi connectivity index (χ1n) is 8.28. The van der Waals surface area contributed by atoms with Crippen LogP contribution in [0.4, 0.5) is 4.39 Å². The molecule has 0 saturated heterocycles. The number of pyridine rings is 1. The van der Waals surface area contributed by atoms with E-state index in [2.05, 4.69) is 10.3 Å². The van der Waals surface area contributed by atoms with Crippen LogP contribution in [0.2, 0.25) is 5.02 Å². The van der Waals surface area contributed by atoms with Gasteiger partial charge >= 0.3 is 0 Å². The monoisotopic (exact) mass is 362 g/mol. The van der Waals surface area contributed by atoms with Gasteiger partial charge in [0.25, 0.3) is 5.91 Å². The van der Waals surface area contributed by atoms with Crippen LogP contribution in [-0.4, -0.2) is 22.5 Å². The molecule has 3 unspecified atom stereocenters. The SMILES string of the molecule is CC(CNC(=O)C1(F)CCC(O)c2ncccc21)c1ccc(Cl)cc1. The van der Waals surface area contributed by atoms with Crippen molar-refractivity contribution in [1.29, 1.82) is 0 Å². The van der Waals surface area contributed by atoms with Crippen molar-refractivity contribution < 1.29 is 14.3 Å². The number of alkyl halides is 1. The first-order valence-corrected chi connectivity index (χ1v) is 8.66. The lowest BCUT2D eigenvalue weighted by Crippen LogP contribution is -2.45.